The summed E-state index contributed by atoms with van der Waals surface area (Å²) in [6.45, 7) is 6.48. The standard InChI is InChI=1S/C22H29ClN2O4S/c1-5-20(25(30(4,27)28)18-10-8-9-17(23)15-18)22(26)24-13-14-29-21-12-7-6-11-19(21)16(2)3/h6-12,15-16,20H,5,13-14H2,1-4H3,(H,24,26)/t20-/m0/s1. The van der Waals surface area contributed by atoms with Crippen molar-refractivity contribution in [2.24, 2.45) is 0 Å². The Bertz CT molecular complexity index is 963. The Morgan fingerprint density at radius 3 is 2.47 bits per heavy atom. The predicted molar refractivity (Wildman–Crippen MR) is 122 cm³/mol. The van der Waals surface area contributed by atoms with Crippen LogP contribution in [0.2, 0.25) is 5.02 Å². The summed E-state index contributed by atoms with van der Waals surface area (Å²) in [5, 5.41) is 3.18. The summed E-state index contributed by atoms with van der Waals surface area (Å²) in [5.41, 5.74) is 1.45. The summed E-state index contributed by atoms with van der Waals surface area (Å²) in [6, 6.07) is 13.4. The molecule has 0 aromatic heterocycles. The van der Waals surface area contributed by atoms with Gasteiger partial charge in [0, 0.05) is 5.02 Å². The highest BCUT2D eigenvalue weighted by Gasteiger charge is 2.31. The fourth-order valence-electron chi connectivity index (χ4n) is 3.22. The highest BCUT2D eigenvalue weighted by Crippen LogP contribution is 2.26. The first-order valence-corrected chi connectivity index (χ1v) is 12.1. The Hall–Kier alpha value is -2.25. The third-order valence-corrected chi connectivity index (χ3v) is 6.01. The molecule has 0 aliphatic rings. The van der Waals surface area contributed by atoms with Crippen LogP contribution in [-0.2, 0) is 14.8 Å². The van der Waals surface area contributed by atoms with Gasteiger partial charge in [-0.15, -0.1) is 0 Å². The van der Waals surface area contributed by atoms with Gasteiger partial charge in [-0.1, -0.05) is 56.6 Å². The normalized spacial score (nSPS) is 12.5. The largest absolute Gasteiger partial charge is 0.491 e. The van der Waals surface area contributed by atoms with E-state index in [1.165, 1.54) is 6.07 Å². The summed E-state index contributed by atoms with van der Waals surface area (Å²) >= 11 is 6.02. The Morgan fingerprint density at radius 1 is 1.17 bits per heavy atom. The lowest BCUT2D eigenvalue weighted by Gasteiger charge is -2.30. The van der Waals surface area contributed by atoms with E-state index in [1.807, 2.05) is 24.3 Å². The number of ether oxygens (including phenoxy) is 1. The molecular weight excluding hydrogens is 424 g/mol. The minimum Gasteiger partial charge on any atom is -0.491 e. The maximum Gasteiger partial charge on any atom is 0.244 e. The number of halogens is 1. The third kappa shape index (κ3) is 6.37. The molecule has 0 heterocycles. The first-order chi connectivity index (χ1) is 14.1. The average molecular weight is 453 g/mol. The molecule has 0 saturated heterocycles. The number of sulfonamides is 1. The highest BCUT2D eigenvalue weighted by molar-refractivity contribution is 7.92. The molecule has 1 atom stereocenters. The summed E-state index contributed by atoms with van der Waals surface area (Å²) in [4.78, 5) is 12.8. The maximum absolute atomic E-state index is 12.8. The van der Waals surface area contributed by atoms with Crippen LogP contribution in [0.25, 0.3) is 0 Å². The van der Waals surface area contributed by atoms with Crippen molar-refractivity contribution in [3.63, 3.8) is 0 Å². The van der Waals surface area contributed by atoms with E-state index in [9.17, 15) is 13.2 Å². The van der Waals surface area contributed by atoms with Gasteiger partial charge < -0.3 is 10.1 Å². The molecule has 0 radical (unpaired) electrons. The van der Waals surface area contributed by atoms with E-state index in [0.717, 1.165) is 21.9 Å². The van der Waals surface area contributed by atoms with E-state index in [0.29, 0.717) is 23.0 Å². The first-order valence-electron chi connectivity index (χ1n) is 9.89. The molecule has 6 nitrogen and oxygen atoms in total. The second kappa shape index (κ2) is 10.7. The van der Waals surface area contributed by atoms with Gasteiger partial charge >= 0.3 is 0 Å². The Kier molecular flexibility index (Phi) is 8.55. The zero-order valence-electron chi connectivity index (χ0n) is 17.8. The van der Waals surface area contributed by atoms with Crippen molar-refractivity contribution in [3.8, 4) is 5.75 Å². The van der Waals surface area contributed by atoms with Gasteiger partial charge in [-0.25, -0.2) is 8.42 Å². The van der Waals surface area contributed by atoms with Gasteiger partial charge in [0.15, 0.2) is 0 Å². The van der Waals surface area contributed by atoms with Crippen LogP contribution in [-0.4, -0.2) is 39.8 Å². The van der Waals surface area contributed by atoms with Crippen LogP contribution in [0, 0.1) is 0 Å². The van der Waals surface area contributed by atoms with Crippen LogP contribution >= 0.6 is 11.6 Å². The van der Waals surface area contributed by atoms with Crippen molar-refractivity contribution in [3.05, 3.63) is 59.1 Å². The highest BCUT2D eigenvalue weighted by atomic mass is 35.5. The molecule has 0 fully saturated rings. The fourth-order valence-corrected chi connectivity index (χ4v) is 4.60. The molecule has 1 amide bonds. The zero-order valence-corrected chi connectivity index (χ0v) is 19.3. The van der Waals surface area contributed by atoms with Crippen molar-refractivity contribution in [1.29, 1.82) is 0 Å². The monoisotopic (exact) mass is 452 g/mol. The second-order valence-corrected chi connectivity index (χ2v) is 9.59. The maximum atomic E-state index is 12.8. The van der Waals surface area contributed by atoms with E-state index in [2.05, 4.69) is 19.2 Å². The van der Waals surface area contributed by atoms with Gasteiger partial charge in [0.2, 0.25) is 15.9 Å². The van der Waals surface area contributed by atoms with E-state index in [4.69, 9.17) is 16.3 Å². The molecule has 0 aliphatic heterocycles. The van der Waals surface area contributed by atoms with Crippen LogP contribution in [0.3, 0.4) is 0 Å². The van der Waals surface area contributed by atoms with E-state index < -0.39 is 16.1 Å². The van der Waals surface area contributed by atoms with Gasteiger partial charge in [0.1, 0.15) is 18.4 Å². The van der Waals surface area contributed by atoms with E-state index >= 15 is 0 Å². The molecule has 0 saturated carbocycles. The number of anilines is 1. The molecule has 0 spiro atoms. The SMILES string of the molecule is CC[C@@H](C(=O)NCCOc1ccccc1C(C)C)N(c1cccc(Cl)c1)S(C)(=O)=O. The molecule has 1 N–H and O–H groups in total. The Balaban J connectivity index is 2.06. The number of nitrogens with zero attached hydrogens (tertiary/aromatic N) is 1. The van der Waals surface area contributed by atoms with Crippen LogP contribution in [0.4, 0.5) is 5.69 Å². The van der Waals surface area contributed by atoms with Crippen molar-refractivity contribution >= 4 is 33.2 Å². The number of carbonyl (C=O) groups excluding carboxylic acids is 1. The van der Waals surface area contributed by atoms with Gasteiger partial charge in [0.25, 0.3) is 0 Å². The second-order valence-electron chi connectivity index (χ2n) is 7.29. The lowest BCUT2D eigenvalue weighted by molar-refractivity contribution is -0.122. The van der Waals surface area contributed by atoms with Gasteiger partial charge in [-0.2, -0.15) is 0 Å². The van der Waals surface area contributed by atoms with Crippen LogP contribution in [0.1, 0.15) is 38.7 Å². The molecule has 2 rings (SSSR count). The lowest BCUT2D eigenvalue weighted by atomic mass is 10.0. The van der Waals surface area contributed by atoms with Crippen molar-refractivity contribution in [1.82, 2.24) is 5.32 Å². The summed E-state index contributed by atoms with van der Waals surface area (Å²) in [6.07, 6.45) is 1.39. The number of rotatable bonds is 10. The van der Waals surface area contributed by atoms with Crippen LogP contribution in [0.5, 0.6) is 5.75 Å². The quantitative estimate of drug-likeness (QED) is 0.548. The van der Waals surface area contributed by atoms with Crippen molar-refractivity contribution in [2.75, 3.05) is 23.7 Å². The zero-order chi connectivity index (χ0) is 22.3. The van der Waals surface area contributed by atoms with Gasteiger partial charge in [0.05, 0.1) is 18.5 Å². The van der Waals surface area contributed by atoms with E-state index in [-0.39, 0.29) is 19.1 Å². The summed E-state index contributed by atoms with van der Waals surface area (Å²) in [7, 11) is -3.70. The topological polar surface area (TPSA) is 75.7 Å². The number of para-hydroxylation sites is 1. The van der Waals surface area contributed by atoms with Gasteiger partial charge in [-0.3, -0.25) is 9.10 Å². The van der Waals surface area contributed by atoms with Gasteiger partial charge in [-0.05, 0) is 42.2 Å². The molecule has 2 aromatic carbocycles. The fraction of sp³-hybridized carbons (Fsp3) is 0.409. The van der Waals surface area contributed by atoms with Crippen LogP contribution < -0.4 is 14.4 Å². The Morgan fingerprint density at radius 2 is 1.87 bits per heavy atom. The molecular formula is C22H29ClN2O4S. The summed E-state index contributed by atoms with van der Waals surface area (Å²) in [5.74, 6) is 0.718. The summed E-state index contributed by atoms with van der Waals surface area (Å²) < 4.78 is 31.8. The number of benzene rings is 2. The molecule has 0 unspecified atom stereocenters. The number of carbonyl (C=O) groups is 1. The predicted octanol–water partition coefficient (Wildman–Crippen LogP) is 4.20. The number of hydrogen-bond donors (Lipinski definition) is 1. The Labute approximate surface area is 184 Å². The molecule has 30 heavy (non-hydrogen) atoms. The number of amides is 1. The number of hydrogen-bond acceptors (Lipinski definition) is 4. The number of nitrogens with one attached hydrogen (secondary N) is 1. The van der Waals surface area contributed by atoms with Crippen molar-refractivity contribution in [2.45, 2.75) is 39.2 Å². The minimum absolute atomic E-state index is 0.259. The molecule has 8 heteroatoms. The average Bonchev–Trinajstić information content (AvgIpc) is 2.68. The van der Waals surface area contributed by atoms with Crippen molar-refractivity contribution < 1.29 is 17.9 Å². The smallest absolute Gasteiger partial charge is 0.244 e. The minimum atomic E-state index is -3.70. The lowest BCUT2D eigenvalue weighted by Crippen LogP contribution is -2.50. The molecule has 164 valence electrons. The molecule has 0 bridgehead atoms. The van der Waals surface area contributed by atoms with Crippen LogP contribution in [0.15, 0.2) is 48.5 Å². The van der Waals surface area contributed by atoms with E-state index in [1.54, 1.807) is 25.1 Å². The third-order valence-electron chi connectivity index (χ3n) is 4.59. The molecule has 0 aliphatic carbocycles. The molecule has 2 aromatic rings. The first kappa shape index (κ1) is 24.0.